The molecule has 1 aliphatic rings. The molecule has 0 spiro atoms. The van der Waals surface area contributed by atoms with Crippen molar-refractivity contribution in [2.45, 2.75) is 18.8 Å². The van der Waals surface area contributed by atoms with E-state index in [1.807, 2.05) is 11.4 Å². The second-order valence-corrected chi connectivity index (χ2v) is 4.26. The van der Waals surface area contributed by atoms with Crippen LogP contribution >= 0.6 is 11.3 Å². The Morgan fingerprint density at radius 1 is 1.54 bits per heavy atom. The summed E-state index contributed by atoms with van der Waals surface area (Å²) in [5.74, 6) is 1.39. The van der Waals surface area contributed by atoms with Crippen LogP contribution < -0.4 is 5.56 Å². The van der Waals surface area contributed by atoms with Crippen molar-refractivity contribution in [3.05, 3.63) is 27.6 Å². The summed E-state index contributed by atoms with van der Waals surface area (Å²) in [6.45, 7) is 0. The molecule has 3 rings (SSSR count). The highest BCUT2D eigenvalue weighted by atomic mass is 32.1. The summed E-state index contributed by atoms with van der Waals surface area (Å²) < 4.78 is 0. The Kier molecular flexibility index (Phi) is 1.35. The van der Waals surface area contributed by atoms with Crippen LogP contribution in [0.4, 0.5) is 0 Å². The summed E-state index contributed by atoms with van der Waals surface area (Å²) in [5, 5.41) is 2.62. The van der Waals surface area contributed by atoms with Crippen molar-refractivity contribution < 1.29 is 0 Å². The summed E-state index contributed by atoms with van der Waals surface area (Å²) in [6.07, 6.45) is 2.33. The first-order chi connectivity index (χ1) is 6.34. The molecule has 0 unspecified atom stereocenters. The Hall–Kier alpha value is -1.16. The standard InChI is InChI=1S/C9H8N2OS/c12-8-6-3-4-13-9(6)11-7(10-8)5-1-2-5/h3-5H,1-2H2,(H,10,11,12). The smallest absolute Gasteiger partial charge is 0.259 e. The van der Waals surface area contributed by atoms with Crippen molar-refractivity contribution >= 4 is 21.6 Å². The second kappa shape index (κ2) is 2.42. The molecule has 66 valence electrons. The number of thiophene rings is 1. The van der Waals surface area contributed by atoms with E-state index in [4.69, 9.17) is 0 Å². The van der Waals surface area contributed by atoms with E-state index in [0.717, 1.165) is 16.0 Å². The number of hydrogen-bond acceptors (Lipinski definition) is 3. The van der Waals surface area contributed by atoms with Crippen LogP contribution in [0, 0.1) is 0 Å². The maximum Gasteiger partial charge on any atom is 0.259 e. The van der Waals surface area contributed by atoms with Gasteiger partial charge in [0.05, 0.1) is 5.39 Å². The Morgan fingerprint density at radius 3 is 3.15 bits per heavy atom. The third kappa shape index (κ3) is 1.09. The summed E-state index contributed by atoms with van der Waals surface area (Å²) >= 11 is 1.53. The lowest BCUT2D eigenvalue weighted by molar-refractivity contribution is 0.935. The van der Waals surface area contributed by atoms with Crippen LogP contribution in [0.5, 0.6) is 0 Å². The van der Waals surface area contributed by atoms with Crippen LogP contribution in [-0.4, -0.2) is 9.97 Å². The highest BCUT2D eigenvalue weighted by Crippen LogP contribution is 2.37. The molecule has 2 aromatic heterocycles. The van der Waals surface area contributed by atoms with Gasteiger partial charge in [-0.1, -0.05) is 0 Å². The van der Waals surface area contributed by atoms with Crippen LogP contribution in [-0.2, 0) is 0 Å². The average Bonchev–Trinajstić information content (AvgIpc) is 2.85. The molecule has 2 heterocycles. The van der Waals surface area contributed by atoms with E-state index >= 15 is 0 Å². The van der Waals surface area contributed by atoms with Crippen LogP contribution in [0.15, 0.2) is 16.2 Å². The van der Waals surface area contributed by atoms with E-state index in [1.165, 1.54) is 24.2 Å². The first kappa shape index (κ1) is 7.26. The number of rotatable bonds is 1. The molecule has 13 heavy (non-hydrogen) atoms. The third-order valence-corrected chi connectivity index (χ3v) is 3.12. The molecule has 0 atom stereocenters. The van der Waals surface area contributed by atoms with Crippen molar-refractivity contribution in [3.8, 4) is 0 Å². The van der Waals surface area contributed by atoms with Crippen molar-refractivity contribution in [2.24, 2.45) is 0 Å². The summed E-state index contributed by atoms with van der Waals surface area (Å²) in [4.78, 5) is 19.6. The van der Waals surface area contributed by atoms with Gasteiger partial charge in [0, 0.05) is 5.92 Å². The first-order valence-corrected chi connectivity index (χ1v) is 5.20. The molecule has 0 saturated heterocycles. The fourth-order valence-electron chi connectivity index (χ4n) is 1.43. The van der Waals surface area contributed by atoms with Crippen molar-refractivity contribution in [1.29, 1.82) is 0 Å². The number of nitrogens with zero attached hydrogens (tertiary/aromatic N) is 1. The average molecular weight is 192 g/mol. The number of H-pyrrole nitrogens is 1. The zero-order valence-electron chi connectivity index (χ0n) is 6.91. The highest BCUT2D eigenvalue weighted by Gasteiger charge is 2.26. The zero-order valence-corrected chi connectivity index (χ0v) is 7.73. The number of aromatic amines is 1. The van der Waals surface area contributed by atoms with Gasteiger partial charge in [0.2, 0.25) is 0 Å². The number of fused-ring (bicyclic) bond motifs is 1. The van der Waals surface area contributed by atoms with Crippen LogP contribution in [0.3, 0.4) is 0 Å². The Bertz CT molecular complexity index is 510. The van der Waals surface area contributed by atoms with Gasteiger partial charge in [0.15, 0.2) is 0 Å². The van der Waals surface area contributed by atoms with Gasteiger partial charge in [-0.2, -0.15) is 0 Å². The largest absolute Gasteiger partial charge is 0.310 e. The summed E-state index contributed by atoms with van der Waals surface area (Å²) in [5.41, 5.74) is 0.00755. The first-order valence-electron chi connectivity index (χ1n) is 4.32. The van der Waals surface area contributed by atoms with E-state index in [9.17, 15) is 4.79 Å². The quantitative estimate of drug-likeness (QED) is 0.749. The lowest BCUT2D eigenvalue weighted by Crippen LogP contribution is -2.09. The number of aromatic nitrogens is 2. The molecule has 0 aromatic carbocycles. The van der Waals surface area contributed by atoms with Gasteiger partial charge in [0.25, 0.3) is 5.56 Å². The van der Waals surface area contributed by atoms with E-state index in [0.29, 0.717) is 5.92 Å². The van der Waals surface area contributed by atoms with Crippen LogP contribution in [0.1, 0.15) is 24.6 Å². The topological polar surface area (TPSA) is 45.8 Å². The van der Waals surface area contributed by atoms with Gasteiger partial charge < -0.3 is 4.98 Å². The van der Waals surface area contributed by atoms with Gasteiger partial charge in [-0.15, -0.1) is 11.3 Å². The number of hydrogen-bond donors (Lipinski definition) is 1. The molecule has 3 nitrogen and oxygen atoms in total. The summed E-state index contributed by atoms with van der Waals surface area (Å²) in [6, 6.07) is 1.82. The molecule has 2 aromatic rings. The number of nitrogens with one attached hydrogen (secondary N) is 1. The Labute approximate surface area is 78.4 Å². The molecule has 1 saturated carbocycles. The minimum Gasteiger partial charge on any atom is -0.310 e. The molecule has 0 bridgehead atoms. The Morgan fingerprint density at radius 2 is 2.38 bits per heavy atom. The van der Waals surface area contributed by atoms with Gasteiger partial charge in [-0.25, -0.2) is 4.98 Å². The molecule has 0 amide bonds. The minimum atomic E-state index is 0.00755. The predicted molar refractivity (Wildman–Crippen MR) is 52.2 cm³/mol. The molecule has 4 heteroatoms. The molecule has 1 aliphatic carbocycles. The molecule has 1 fully saturated rings. The van der Waals surface area contributed by atoms with Gasteiger partial charge in [-0.3, -0.25) is 4.79 Å². The molecule has 0 aliphatic heterocycles. The maximum atomic E-state index is 11.5. The lowest BCUT2D eigenvalue weighted by Gasteiger charge is -1.95. The fourth-order valence-corrected chi connectivity index (χ4v) is 2.20. The van der Waals surface area contributed by atoms with Gasteiger partial charge >= 0.3 is 0 Å². The normalized spacial score (nSPS) is 16.6. The van der Waals surface area contributed by atoms with E-state index in [1.54, 1.807) is 0 Å². The minimum absolute atomic E-state index is 0.00755. The SMILES string of the molecule is O=c1[nH]c(C2CC2)nc2sccc12. The van der Waals surface area contributed by atoms with E-state index in [-0.39, 0.29) is 5.56 Å². The van der Waals surface area contributed by atoms with E-state index < -0.39 is 0 Å². The lowest BCUT2D eigenvalue weighted by atomic mass is 10.3. The Balaban J connectivity index is 2.33. The fraction of sp³-hybridized carbons (Fsp3) is 0.333. The maximum absolute atomic E-state index is 11.5. The van der Waals surface area contributed by atoms with Crippen molar-refractivity contribution in [1.82, 2.24) is 9.97 Å². The molecule has 1 N–H and O–H groups in total. The molecular formula is C9H8N2OS. The van der Waals surface area contributed by atoms with Crippen LogP contribution in [0.2, 0.25) is 0 Å². The van der Waals surface area contributed by atoms with Crippen molar-refractivity contribution in [3.63, 3.8) is 0 Å². The predicted octanol–water partition coefficient (Wildman–Crippen LogP) is 1.86. The second-order valence-electron chi connectivity index (χ2n) is 3.36. The highest BCUT2D eigenvalue weighted by molar-refractivity contribution is 7.16. The van der Waals surface area contributed by atoms with E-state index in [2.05, 4.69) is 9.97 Å². The molecular weight excluding hydrogens is 184 g/mol. The molecule has 0 radical (unpaired) electrons. The van der Waals surface area contributed by atoms with Crippen LogP contribution in [0.25, 0.3) is 10.2 Å². The van der Waals surface area contributed by atoms with Crippen molar-refractivity contribution in [2.75, 3.05) is 0 Å². The summed E-state index contributed by atoms with van der Waals surface area (Å²) in [7, 11) is 0. The third-order valence-electron chi connectivity index (χ3n) is 2.32. The zero-order chi connectivity index (χ0) is 8.84. The van der Waals surface area contributed by atoms with Gasteiger partial charge in [-0.05, 0) is 24.3 Å². The monoisotopic (exact) mass is 192 g/mol. The van der Waals surface area contributed by atoms with Gasteiger partial charge in [0.1, 0.15) is 10.7 Å².